The summed E-state index contributed by atoms with van der Waals surface area (Å²) < 4.78 is 0. The van der Waals surface area contributed by atoms with Gasteiger partial charge < -0.3 is 10.4 Å². The number of nitrogens with one attached hydrogen (secondary N) is 1. The molecule has 1 heterocycles. The van der Waals surface area contributed by atoms with Crippen molar-refractivity contribution in [3.05, 3.63) is 35.4 Å². The van der Waals surface area contributed by atoms with Crippen LogP contribution in [-0.4, -0.2) is 23.8 Å². The highest BCUT2D eigenvalue weighted by molar-refractivity contribution is 5.31. The van der Waals surface area contributed by atoms with Gasteiger partial charge in [-0.15, -0.1) is 0 Å². The molecular weight excluding hydrogens is 186 g/mol. The van der Waals surface area contributed by atoms with Crippen LogP contribution in [0.2, 0.25) is 0 Å². The molecule has 1 aliphatic rings. The molecule has 0 spiro atoms. The van der Waals surface area contributed by atoms with Gasteiger partial charge in [-0.3, -0.25) is 0 Å². The predicted octanol–water partition coefficient (Wildman–Crippen LogP) is 1.82. The van der Waals surface area contributed by atoms with Crippen LogP contribution >= 0.6 is 0 Å². The van der Waals surface area contributed by atoms with Gasteiger partial charge in [0.1, 0.15) is 0 Å². The summed E-state index contributed by atoms with van der Waals surface area (Å²) in [7, 11) is 0. The molecule has 0 saturated carbocycles. The van der Waals surface area contributed by atoms with Gasteiger partial charge in [-0.2, -0.15) is 0 Å². The summed E-state index contributed by atoms with van der Waals surface area (Å²) in [6, 6.07) is 8.53. The Morgan fingerprint density at radius 3 is 2.80 bits per heavy atom. The van der Waals surface area contributed by atoms with Crippen LogP contribution in [0.25, 0.3) is 0 Å². The molecule has 2 N–H and O–H groups in total. The van der Waals surface area contributed by atoms with Crippen LogP contribution in [0.5, 0.6) is 0 Å². The smallest absolute Gasteiger partial charge is 0.0610 e. The number of aliphatic hydroxyl groups excluding tert-OH is 1. The third-order valence-electron chi connectivity index (χ3n) is 3.45. The van der Waals surface area contributed by atoms with Gasteiger partial charge in [0, 0.05) is 12.1 Å². The SMILES string of the molecule is Cc1ccccc1C1CNC(C)(CO)C1. The second-order valence-corrected chi connectivity index (χ2v) is 4.86. The Morgan fingerprint density at radius 1 is 1.47 bits per heavy atom. The molecule has 2 atom stereocenters. The van der Waals surface area contributed by atoms with Crippen LogP contribution in [0.3, 0.4) is 0 Å². The number of benzene rings is 1. The van der Waals surface area contributed by atoms with Crippen LogP contribution < -0.4 is 5.32 Å². The van der Waals surface area contributed by atoms with E-state index in [0.29, 0.717) is 5.92 Å². The lowest BCUT2D eigenvalue weighted by molar-refractivity contribution is 0.191. The molecule has 1 aromatic rings. The van der Waals surface area contributed by atoms with E-state index in [9.17, 15) is 5.11 Å². The number of aryl methyl sites for hydroxylation is 1. The predicted molar refractivity (Wildman–Crippen MR) is 62.0 cm³/mol. The Kier molecular flexibility index (Phi) is 2.81. The molecule has 0 amide bonds. The van der Waals surface area contributed by atoms with Gasteiger partial charge >= 0.3 is 0 Å². The lowest BCUT2D eigenvalue weighted by Crippen LogP contribution is -2.39. The Morgan fingerprint density at radius 2 is 2.20 bits per heavy atom. The van der Waals surface area contributed by atoms with E-state index in [-0.39, 0.29) is 12.1 Å². The largest absolute Gasteiger partial charge is 0.394 e. The Hall–Kier alpha value is -0.860. The summed E-state index contributed by atoms with van der Waals surface area (Å²) in [5.74, 6) is 0.545. The maximum absolute atomic E-state index is 9.30. The van der Waals surface area contributed by atoms with Crippen LogP contribution in [0.1, 0.15) is 30.4 Å². The Balaban J connectivity index is 2.18. The maximum atomic E-state index is 9.30. The summed E-state index contributed by atoms with van der Waals surface area (Å²) in [6.07, 6.45) is 1.02. The van der Waals surface area contributed by atoms with E-state index < -0.39 is 0 Å². The van der Waals surface area contributed by atoms with E-state index in [2.05, 4.69) is 43.4 Å². The second kappa shape index (κ2) is 3.95. The van der Waals surface area contributed by atoms with Crippen molar-refractivity contribution in [1.82, 2.24) is 5.32 Å². The minimum Gasteiger partial charge on any atom is -0.394 e. The van der Waals surface area contributed by atoms with Crippen molar-refractivity contribution in [3.8, 4) is 0 Å². The van der Waals surface area contributed by atoms with E-state index >= 15 is 0 Å². The zero-order valence-electron chi connectivity index (χ0n) is 9.46. The van der Waals surface area contributed by atoms with Gasteiger partial charge in [0.2, 0.25) is 0 Å². The first-order valence-electron chi connectivity index (χ1n) is 5.56. The highest BCUT2D eigenvalue weighted by Crippen LogP contribution is 2.32. The zero-order chi connectivity index (χ0) is 10.9. The zero-order valence-corrected chi connectivity index (χ0v) is 9.46. The van der Waals surface area contributed by atoms with E-state index in [0.717, 1.165) is 13.0 Å². The van der Waals surface area contributed by atoms with E-state index in [1.165, 1.54) is 11.1 Å². The summed E-state index contributed by atoms with van der Waals surface area (Å²) in [5.41, 5.74) is 2.68. The first kappa shape index (κ1) is 10.7. The third-order valence-corrected chi connectivity index (χ3v) is 3.45. The van der Waals surface area contributed by atoms with Crippen molar-refractivity contribution >= 4 is 0 Å². The van der Waals surface area contributed by atoms with Crippen LogP contribution in [-0.2, 0) is 0 Å². The summed E-state index contributed by atoms with van der Waals surface area (Å²) >= 11 is 0. The number of hydrogen-bond acceptors (Lipinski definition) is 2. The molecule has 15 heavy (non-hydrogen) atoms. The molecule has 0 radical (unpaired) electrons. The second-order valence-electron chi connectivity index (χ2n) is 4.86. The molecule has 1 fully saturated rings. The first-order valence-corrected chi connectivity index (χ1v) is 5.56. The van der Waals surface area contributed by atoms with Gasteiger partial charge in [-0.25, -0.2) is 0 Å². The Labute approximate surface area is 91.3 Å². The van der Waals surface area contributed by atoms with Gasteiger partial charge in [-0.05, 0) is 37.3 Å². The Bertz CT molecular complexity index is 350. The average molecular weight is 205 g/mol. The molecular formula is C13H19NO. The fourth-order valence-electron chi connectivity index (χ4n) is 2.44. The van der Waals surface area contributed by atoms with Crippen LogP contribution in [0.4, 0.5) is 0 Å². The number of aliphatic hydroxyl groups is 1. The number of hydrogen-bond donors (Lipinski definition) is 2. The van der Waals surface area contributed by atoms with Crippen molar-refractivity contribution < 1.29 is 5.11 Å². The monoisotopic (exact) mass is 205 g/mol. The van der Waals surface area contributed by atoms with Crippen LogP contribution in [0.15, 0.2) is 24.3 Å². The summed E-state index contributed by atoms with van der Waals surface area (Å²) in [4.78, 5) is 0. The molecule has 1 aromatic carbocycles. The van der Waals surface area contributed by atoms with Crippen molar-refractivity contribution in [3.63, 3.8) is 0 Å². The van der Waals surface area contributed by atoms with Crippen LogP contribution in [0, 0.1) is 6.92 Å². The highest BCUT2D eigenvalue weighted by atomic mass is 16.3. The van der Waals surface area contributed by atoms with Gasteiger partial charge in [-0.1, -0.05) is 24.3 Å². The maximum Gasteiger partial charge on any atom is 0.0610 e. The van der Waals surface area contributed by atoms with Crippen molar-refractivity contribution in [2.24, 2.45) is 0 Å². The normalized spacial score (nSPS) is 30.7. The lowest BCUT2D eigenvalue weighted by atomic mass is 9.88. The minimum absolute atomic E-state index is 0.0903. The summed E-state index contributed by atoms with van der Waals surface area (Å²) in [5, 5.41) is 12.7. The molecule has 2 unspecified atom stereocenters. The lowest BCUT2D eigenvalue weighted by Gasteiger charge is -2.21. The number of rotatable bonds is 2. The quantitative estimate of drug-likeness (QED) is 0.772. The first-order chi connectivity index (χ1) is 7.14. The van der Waals surface area contributed by atoms with E-state index in [1.54, 1.807) is 0 Å². The molecule has 2 nitrogen and oxygen atoms in total. The van der Waals surface area contributed by atoms with Gasteiger partial charge in [0.25, 0.3) is 0 Å². The average Bonchev–Trinajstić information content (AvgIpc) is 2.63. The molecule has 0 aliphatic carbocycles. The third kappa shape index (κ3) is 2.06. The molecule has 2 rings (SSSR count). The van der Waals surface area contributed by atoms with Gasteiger partial charge in [0.15, 0.2) is 0 Å². The van der Waals surface area contributed by atoms with Crippen molar-refractivity contribution in [1.29, 1.82) is 0 Å². The van der Waals surface area contributed by atoms with Crippen molar-refractivity contribution in [2.75, 3.05) is 13.2 Å². The summed E-state index contributed by atoms with van der Waals surface area (Å²) in [6.45, 7) is 5.44. The topological polar surface area (TPSA) is 32.3 Å². The van der Waals surface area contributed by atoms with E-state index in [4.69, 9.17) is 0 Å². The molecule has 82 valence electrons. The fourth-order valence-corrected chi connectivity index (χ4v) is 2.44. The molecule has 1 saturated heterocycles. The van der Waals surface area contributed by atoms with Crippen molar-refractivity contribution in [2.45, 2.75) is 31.7 Å². The van der Waals surface area contributed by atoms with E-state index in [1.807, 2.05) is 0 Å². The molecule has 1 aliphatic heterocycles. The highest BCUT2D eigenvalue weighted by Gasteiger charge is 2.34. The fraction of sp³-hybridized carbons (Fsp3) is 0.538. The minimum atomic E-state index is -0.0903. The molecule has 0 bridgehead atoms. The standard InChI is InChI=1S/C13H19NO/c1-10-5-3-4-6-12(10)11-7-13(2,9-15)14-8-11/h3-6,11,14-15H,7-9H2,1-2H3. The molecule has 0 aromatic heterocycles. The van der Waals surface area contributed by atoms with Gasteiger partial charge in [0.05, 0.1) is 6.61 Å². The molecule has 2 heteroatoms.